The molecule has 0 radical (unpaired) electrons. The average molecular weight is 491 g/mol. The van der Waals surface area contributed by atoms with Crippen molar-refractivity contribution in [2.45, 2.75) is 38.9 Å². The Kier molecular flexibility index (Phi) is 6.00. The number of imidazole rings is 1. The highest BCUT2D eigenvalue weighted by molar-refractivity contribution is 5.86. The molecule has 0 aliphatic heterocycles. The topological polar surface area (TPSA) is 138 Å². The van der Waals surface area contributed by atoms with Gasteiger partial charge in [-0.3, -0.25) is 34.5 Å². The van der Waals surface area contributed by atoms with Crippen LogP contribution in [-0.4, -0.2) is 40.3 Å². The molecule has 1 aliphatic carbocycles. The lowest BCUT2D eigenvalue weighted by Gasteiger charge is -2.13. The highest BCUT2D eigenvalue weighted by atomic mass is 16.2. The molecule has 2 unspecified atom stereocenters. The highest BCUT2D eigenvalue weighted by Crippen LogP contribution is 2.47. The second-order valence-corrected chi connectivity index (χ2v) is 8.88. The van der Waals surface area contributed by atoms with E-state index in [1.165, 1.54) is 10.9 Å². The summed E-state index contributed by atoms with van der Waals surface area (Å²) in [5.74, 6) is -1.23. The van der Waals surface area contributed by atoms with Gasteiger partial charge in [0.15, 0.2) is 11.2 Å². The van der Waals surface area contributed by atoms with E-state index in [9.17, 15) is 19.2 Å². The lowest BCUT2D eigenvalue weighted by Crippen LogP contribution is -2.48. The SMILES string of the molecule is CCn1cnc2c1c(=O)n(CC(=O)NNC(=O)C1CC1c1cnn(C)c1)c(=O)n2Cc1ccccc1. The molecule has 186 valence electrons. The van der Waals surface area contributed by atoms with Crippen LogP contribution in [-0.2, 0) is 36.3 Å². The number of nitrogens with zero attached hydrogens (tertiary/aromatic N) is 6. The minimum Gasteiger partial charge on any atom is -0.325 e. The fraction of sp³-hybridized carbons (Fsp3) is 0.333. The van der Waals surface area contributed by atoms with Crippen molar-refractivity contribution in [1.82, 2.24) is 39.3 Å². The molecule has 5 rings (SSSR count). The van der Waals surface area contributed by atoms with E-state index in [1.807, 2.05) is 50.5 Å². The van der Waals surface area contributed by atoms with Crippen LogP contribution in [0.3, 0.4) is 0 Å². The van der Waals surface area contributed by atoms with Gasteiger partial charge in [-0.25, -0.2) is 14.3 Å². The first-order chi connectivity index (χ1) is 17.4. The van der Waals surface area contributed by atoms with Crippen LogP contribution in [0.25, 0.3) is 11.2 Å². The van der Waals surface area contributed by atoms with Gasteiger partial charge in [0.05, 0.1) is 19.1 Å². The molecule has 1 saturated carbocycles. The van der Waals surface area contributed by atoms with Crippen LogP contribution >= 0.6 is 0 Å². The first-order valence-corrected chi connectivity index (χ1v) is 11.7. The maximum Gasteiger partial charge on any atom is 0.333 e. The molecule has 4 aromatic rings. The van der Waals surface area contributed by atoms with Crippen LogP contribution in [0.4, 0.5) is 0 Å². The van der Waals surface area contributed by atoms with E-state index in [-0.39, 0.29) is 35.5 Å². The maximum absolute atomic E-state index is 13.3. The molecule has 12 nitrogen and oxygen atoms in total. The molecule has 2 amide bonds. The van der Waals surface area contributed by atoms with E-state index in [2.05, 4.69) is 20.9 Å². The smallest absolute Gasteiger partial charge is 0.325 e. The van der Waals surface area contributed by atoms with Gasteiger partial charge in [-0.15, -0.1) is 0 Å². The molecule has 1 fully saturated rings. The summed E-state index contributed by atoms with van der Waals surface area (Å²) in [4.78, 5) is 55.9. The molecule has 2 atom stereocenters. The lowest BCUT2D eigenvalue weighted by atomic mass is 10.2. The quantitative estimate of drug-likeness (QED) is 0.353. The van der Waals surface area contributed by atoms with Crippen LogP contribution in [0, 0.1) is 5.92 Å². The molecule has 1 aliphatic rings. The molecular formula is C24H26N8O4. The Morgan fingerprint density at radius 3 is 2.58 bits per heavy atom. The van der Waals surface area contributed by atoms with Crippen molar-refractivity contribution in [2.24, 2.45) is 13.0 Å². The summed E-state index contributed by atoms with van der Waals surface area (Å²) in [6, 6.07) is 9.31. The Morgan fingerprint density at radius 1 is 1.11 bits per heavy atom. The highest BCUT2D eigenvalue weighted by Gasteiger charge is 2.44. The van der Waals surface area contributed by atoms with Crippen molar-refractivity contribution >= 4 is 23.0 Å². The Hall–Kier alpha value is -4.48. The molecule has 1 aromatic carbocycles. The third kappa shape index (κ3) is 4.32. The first-order valence-electron chi connectivity index (χ1n) is 11.7. The fourth-order valence-electron chi connectivity index (χ4n) is 4.42. The number of aryl methyl sites for hydroxylation is 2. The van der Waals surface area contributed by atoms with Crippen molar-refractivity contribution < 1.29 is 9.59 Å². The summed E-state index contributed by atoms with van der Waals surface area (Å²) in [5, 5.41) is 4.12. The number of hydrogen-bond donors (Lipinski definition) is 2. The normalized spacial score (nSPS) is 16.7. The standard InChI is InChI=1S/C24H26N8O4/c1-3-30-14-25-21-20(30)23(35)32(24(36)31(21)11-15-7-5-4-6-8-15)13-19(33)27-28-22(34)18-9-17(18)16-10-26-29(2)12-16/h4-8,10,12,14,17-18H,3,9,11,13H2,1-2H3,(H,27,33)(H,28,34). The summed E-state index contributed by atoms with van der Waals surface area (Å²) in [5.41, 5.74) is 5.79. The van der Waals surface area contributed by atoms with Gasteiger partial charge >= 0.3 is 5.69 Å². The van der Waals surface area contributed by atoms with E-state index in [4.69, 9.17) is 0 Å². The number of hydrazine groups is 1. The minimum absolute atomic E-state index is 0.0557. The summed E-state index contributed by atoms with van der Waals surface area (Å²) in [7, 11) is 1.81. The zero-order chi connectivity index (χ0) is 25.4. The molecule has 0 spiro atoms. The molecule has 0 bridgehead atoms. The van der Waals surface area contributed by atoms with Crippen LogP contribution in [0.1, 0.15) is 30.4 Å². The van der Waals surface area contributed by atoms with Gasteiger partial charge in [-0.2, -0.15) is 5.10 Å². The number of rotatable bonds is 7. The van der Waals surface area contributed by atoms with Crippen LogP contribution < -0.4 is 22.1 Å². The Labute approximate surface area is 205 Å². The average Bonchev–Trinajstić information content (AvgIpc) is 3.37. The van der Waals surface area contributed by atoms with Crippen molar-refractivity contribution in [2.75, 3.05) is 0 Å². The number of carbonyl (C=O) groups is 2. The number of fused-ring (bicyclic) bond motifs is 1. The van der Waals surface area contributed by atoms with Gasteiger partial charge in [0, 0.05) is 25.7 Å². The van der Waals surface area contributed by atoms with Gasteiger partial charge in [-0.1, -0.05) is 30.3 Å². The predicted octanol–water partition coefficient (Wildman–Crippen LogP) is 0.113. The van der Waals surface area contributed by atoms with Crippen LogP contribution in [0.15, 0.2) is 58.6 Å². The number of benzene rings is 1. The molecule has 0 saturated heterocycles. The van der Waals surface area contributed by atoms with E-state index in [0.29, 0.717) is 13.0 Å². The van der Waals surface area contributed by atoms with Gasteiger partial charge in [-0.05, 0) is 30.4 Å². The summed E-state index contributed by atoms with van der Waals surface area (Å²) < 4.78 is 5.57. The van der Waals surface area contributed by atoms with Gasteiger partial charge in [0.25, 0.3) is 11.5 Å². The Balaban J connectivity index is 1.35. The molecule has 36 heavy (non-hydrogen) atoms. The number of hydrogen-bond acceptors (Lipinski definition) is 6. The van der Waals surface area contributed by atoms with E-state index in [1.54, 1.807) is 15.4 Å². The Bertz CT molecular complexity index is 1560. The van der Waals surface area contributed by atoms with Gasteiger partial charge in [0.2, 0.25) is 5.91 Å². The third-order valence-electron chi connectivity index (χ3n) is 6.41. The molecule has 3 heterocycles. The molecule has 2 N–H and O–H groups in total. The number of amides is 2. The van der Waals surface area contributed by atoms with Crippen LogP contribution in [0.5, 0.6) is 0 Å². The molecule has 12 heteroatoms. The fourth-order valence-corrected chi connectivity index (χ4v) is 4.42. The largest absolute Gasteiger partial charge is 0.333 e. The Morgan fingerprint density at radius 2 is 1.89 bits per heavy atom. The van der Waals surface area contributed by atoms with E-state index in [0.717, 1.165) is 15.7 Å². The summed E-state index contributed by atoms with van der Waals surface area (Å²) in [6.45, 7) is 1.97. The van der Waals surface area contributed by atoms with Gasteiger partial charge in [0.1, 0.15) is 6.54 Å². The number of aromatic nitrogens is 6. The molecular weight excluding hydrogens is 464 g/mol. The lowest BCUT2D eigenvalue weighted by molar-refractivity contribution is -0.130. The van der Waals surface area contributed by atoms with Crippen molar-refractivity contribution in [1.29, 1.82) is 0 Å². The number of nitrogens with one attached hydrogen (secondary N) is 2. The van der Waals surface area contributed by atoms with Crippen molar-refractivity contribution in [3.05, 3.63) is 81.0 Å². The van der Waals surface area contributed by atoms with E-state index < -0.39 is 23.7 Å². The van der Waals surface area contributed by atoms with Crippen molar-refractivity contribution in [3.63, 3.8) is 0 Å². The second kappa shape index (κ2) is 9.29. The zero-order valence-corrected chi connectivity index (χ0v) is 19.9. The predicted molar refractivity (Wildman–Crippen MR) is 130 cm³/mol. The number of carbonyl (C=O) groups excluding carboxylic acids is 2. The summed E-state index contributed by atoms with van der Waals surface area (Å²) >= 11 is 0. The maximum atomic E-state index is 13.3. The molecule has 3 aromatic heterocycles. The van der Waals surface area contributed by atoms with Gasteiger partial charge < -0.3 is 4.57 Å². The monoisotopic (exact) mass is 490 g/mol. The second-order valence-electron chi connectivity index (χ2n) is 8.88. The summed E-state index contributed by atoms with van der Waals surface area (Å²) in [6.07, 6.45) is 5.75. The third-order valence-corrected chi connectivity index (χ3v) is 6.41. The van der Waals surface area contributed by atoms with Crippen molar-refractivity contribution in [3.8, 4) is 0 Å². The van der Waals surface area contributed by atoms with E-state index >= 15 is 0 Å². The van der Waals surface area contributed by atoms with Crippen LogP contribution in [0.2, 0.25) is 0 Å². The zero-order valence-electron chi connectivity index (χ0n) is 19.9. The first kappa shape index (κ1) is 23.3. The minimum atomic E-state index is -0.686.